The van der Waals surface area contributed by atoms with Crippen LogP contribution in [0.3, 0.4) is 0 Å². The molecule has 0 aromatic carbocycles. The van der Waals surface area contributed by atoms with Gasteiger partial charge in [-0.15, -0.1) is 0 Å². The number of hydrogen-bond acceptors (Lipinski definition) is 3. The van der Waals surface area contributed by atoms with Crippen molar-refractivity contribution < 1.29 is 9.53 Å². The number of rotatable bonds is 4. The molecule has 1 fully saturated rings. The Kier molecular flexibility index (Phi) is 4.94. The average molecular weight is 199 g/mol. The third-order valence-corrected chi connectivity index (χ3v) is 3.02. The minimum absolute atomic E-state index is 0.00875. The number of ether oxygens (including phenoxy) is 1. The zero-order valence-corrected chi connectivity index (χ0v) is 9.00. The first-order valence-electron chi connectivity index (χ1n) is 5.54. The Balaban J connectivity index is 2.18. The van der Waals surface area contributed by atoms with Crippen LogP contribution >= 0.6 is 0 Å². The molecule has 1 saturated carbocycles. The highest BCUT2D eigenvalue weighted by Gasteiger charge is 2.18. The molecule has 1 atom stereocenters. The normalized spacial score (nSPS) is 20.4. The second kappa shape index (κ2) is 6.02. The van der Waals surface area contributed by atoms with Crippen LogP contribution < -0.4 is 5.73 Å². The molecule has 0 unspecified atom stereocenters. The van der Waals surface area contributed by atoms with E-state index in [-0.39, 0.29) is 12.0 Å². The van der Waals surface area contributed by atoms with E-state index in [9.17, 15) is 4.79 Å². The van der Waals surface area contributed by atoms with Gasteiger partial charge in [0.1, 0.15) is 0 Å². The third-order valence-electron chi connectivity index (χ3n) is 3.02. The molecule has 0 aromatic heterocycles. The minimum atomic E-state index is -0.187. The Morgan fingerprint density at radius 3 is 2.64 bits per heavy atom. The molecular weight excluding hydrogens is 178 g/mol. The maximum Gasteiger partial charge on any atom is 0.307 e. The van der Waals surface area contributed by atoms with Gasteiger partial charge in [-0.05, 0) is 12.3 Å². The highest BCUT2D eigenvalue weighted by atomic mass is 16.5. The van der Waals surface area contributed by atoms with Gasteiger partial charge in [0.25, 0.3) is 0 Å². The van der Waals surface area contributed by atoms with E-state index in [2.05, 4.69) is 4.74 Å². The first-order chi connectivity index (χ1) is 6.72. The molecule has 2 N–H and O–H groups in total. The summed E-state index contributed by atoms with van der Waals surface area (Å²) >= 11 is 0. The topological polar surface area (TPSA) is 52.3 Å². The number of hydrogen-bond donors (Lipinski definition) is 1. The van der Waals surface area contributed by atoms with Gasteiger partial charge in [0.15, 0.2) is 0 Å². The predicted molar refractivity (Wildman–Crippen MR) is 55.8 cm³/mol. The van der Waals surface area contributed by atoms with Gasteiger partial charge in [-0.1, -0.05) is 32.1 Å². The lowest BCUT2D eigenvalue weighted by Gasteiger charge is -2.23. The summed E-state index contributed by atoms with van der Waals surface area (Å²) in [6, 6.07) is -0.00875. The van der Waals surface area contributed by atoms with Crippen LogP contribution in [0.2, 0.25) is 0 Å². The van der Waals surface area contributed by atoms with Crippen LogP contribution in [0, 0.1) is 5.92 Å². The second-order valence-electron chi connectivity index (χ2n) is 4.28. The summed E-state index contributed by atoms with van der Waals surface area (Å²) in [6.45, 7) is 0. The van der Waals surface area contributed by atoms with Crippen molar-refractivity contribution in [3.8, 4) is 0 Å². The predicted octanol–water partition coefficient (Wildman–Crippen LogP) is 1.85. The molecule has 0 heterocycles. The lowest BCUT2D eigenvalue weighted by molar-refractivity contribution is -0.141. The molecule has 3 nitrogen and oxygen atoms in total. The summed E-state index contributed by atoms with van der Waals surface area (Å²) in [5.41, 5.74) is 5.88. The Bertz CT molecular complexity index is 176. The Morgan fingerprint density at radius 2 is 2.07 bits per heavy atom. The largest absolute Gasteiger partial charge is 0.469 e. The van der Waals surface area contributed by atoms with Crippen molar-refractivity contribution in [1.29, 1.82) is 0 Å². The van der Waals surface area contributed by atoms with Crippen LogP contribution in [0.4, 0.5) is 0 Å². The number of carbonyl (C=O) groups excluding carboxylic acids is 1. The van der Waals surface area contributed by atoms with Gasteiger partial charge in [-0.25, -0.2) is 0 Å². The molecule has 0 amide bonds. The van der Waals surface area contributed by atoms with Crippen molar-refractivity contribution in [2.45, 2.75) is 51.0 Å². The molecule has 14 heavy (non-hydrogen) atoms. The summed E-state index contributed by atoms with van der Waals surface area (Å²) in [4.78, 5) is 11.0. The number of nitrogens with two attached hydrogens (primary N) is 1. The summed E-state index contributed by atoms with van der Waals surface area (Å²) in [6.07, 6.45) is 7.94. The molecule has 1 aliphatic carbocycles. The lowest BCUT2D eigenvalue weighted by atomic mass is 9.84. The number of esters is 1. The monoisotopic (exact) mass is 199 g/mol. The number of methoxy groups -OCH3 is 1. The molecule has 0 aliphatic heterocycles. The van der Waals surface area contributed by atoms with Crippen molar-refractivity contribution in [3.63, 3.8) is 0 Å². The molecule has 3 heteroatoms. The highest BCUT2D eigenvalue weighted by molar-refractivity contribution is 5.69. The average Bonchev–Trinajstić information content (AvgIpc) is 2.19. The Labute approximate surface area is 86.0 Å². The number of carbonyl (C=O) groups is 1. The second-order valence-corrected chi connectivity index (χ2v) is 4.28. The van der Waals surface area contributed by atoms with Crippen molar-refractivity contribution in [2.75, 3.05) is 7.11 Å². The molecule has 0 aromatic rings. The molecule has 1 rings (SSSR count). The van der Waals surface area contributed by atoms with Crippen molar-refractivity contribution in [1.82, 2.24) is 0 Å². The van der Waals surface area contributed by atoms with E-state index in [4.69, 9.17) is 5.73 Å². The minimum Gasteiger partial charge on any atom is -0.469 e. The summed E-state index contributed by atoms with van der Waals surface area (Å²) < 4.78 is 4.59. The van der Waals surface area contributed by atoms with E-state index in [1.165, 1.54) is 39.2 Å². The van der Waals surface area contributed by atoms with Crippen LogP contribution in [-0.4, -0.2) is 19.1 Å². The zero-order chi connectivity index (χ0) is 10.4. The fourth-order valence-corrected chi connectivity index (χ4v) is 2.23. The van der Waals surface area contributed by atoms with Crippen molar-refractivity contribution in [3.05, 3.63) is 0 Å². The highest BCUT2D eigenvalue weighted by Crippen LogP contribution is 2.27. The quantitative estimate of drug-likeness (QED) is 0.703. The lowest BCUT2D eigenvalue weighted by Crippen LogP contribution is -2.28. The molecule has 1 aliphatic rings. The summed E-state index contributed by atoms with van der Waals surface area (Å²) in [5.74, 6) is 0.553. The summed E-state index contributed by atoms with van der Waals surface area (Å²) in [7, 11) is 1.41. The Morgan fingerprint density at radius 1 is 1.43 bits per heavy atom. The van der Waals surface area contributed by atoms with E-state index < -0.39 is 0 Å². The standard InChI is InChI=1S/C11H21NO2/c1-14-11(13)8-10(12)7-9-5-3-2-4-6-9/h9-10H,2-8,12H2,1H3/t10-/m0/s1. The smallest absolute Gasteiger partial charge is 0.307 e. The van der Waals surface area contributed by atoms with E-state index in [0.717, 1.165) is 12.3 Å². The van der Waals surface area contributed by atoms with E-state index >= 15 is 0 Å². The van der Waals surface area contributed by atoms with Crippen LogP contribution in [0.15, 0.2) is 0 Å². The van der Waals surface area contributed by atoms with Gasteiger partial charge < -0.3 is 10.5 Å². The molecule has 0 bridgehead atoms. The molecular formula is C11H21NO2. The first kappa shape index (κ1) is 11.5. The van der Waals surface area contributed by atoms with Crippen molar-refractivity contribution >= 4 is 5.97 Å². The molecule has 82 valence electrons. The van der Waals surface area contributed by atoms with Crippen LogP contribution in [0.1, 0.15) is 44.9 Å². The maximum absolute atomic E-state index is 11.0. The van der Waals surface area contributed by atoms with E-state index in [1.54, 1.807) is 0 Å². The SMILES string of the molecule is COC(=O)C[C@@H](N)CC1CCCCC1. The van der Waals surface area contributed by atoms with Gasteiger partial charge in [0.05, 0.1) is 13.5 Å². The Hall–Kier alpha value is -0.570. The first-order valence-corrected chi connectivity index (χ1v) is 5.54. The molecule has 0 spiro atoms. The fraction of sp³-hybridized carbons (Fsp3) is 0.909. The van der Waals surface area contributed by atoms with Crippen LogP contribution in [-0.2, 0) is 9.53 Å². The fourth-order valence-electron chi connectivity index (χ4n) is 2.23. The molecule has 0 saturated heterocycles. The van der Waals surface area contributed by atoms with Gasteiger partial charge in [0.2, 0.25) is 0 Å². The van der Waals surface area contributed by atoms with Crippen LogP contribution in [0.5, 0.6) is 0 Å². The maximum atomic E-state index is 11.0. The van der Waals surface area contributed by atoms with E-state index in [0.29, 0.717) is 6.42 Å². The van der Waals surface area contributed by atoms with Gasteiger partial charge in [-0.2, -0.15) is 0 Å². The van der Waals surface area contributed by atoms with Crippen molar-refractivity contribution in [2.24, 2.45) is 11.7 Å². The summed E-state index contributed by atoms with van der Waals surface area (Å²) in [5, 5.41) is 0. The van der Waals surface area contributed by atoms with Gasteiger partial charge in [0, 0.05) is 6.04 Å². The third kappa shape index (κ3) is 4.09. The van der Waals surface area contributed by atoms with E-state index in [1.807, 2.05) is 0 Å². The van der Waals surface area contributed by atoms with Crippen LogP contribution in [0.25, 0.3) is 0 Å². The van der Waals surface area contributed by atoms with Gasteiger partial charge in [-0.3, -0.25) is 4.79 Å². The van der Waals surface area contributed by atoms with Gasteiger partial charge >= 0.3 is 5.97 Å². The zero-order valence-electron chi connectivity index (χ0n) is 9.00. The molecule has 0 radical (unpaired) electrons.